The molecular formula is C17H22Cl2N4O2. The molecule has 8 heteroatoms. The molecule has 1 aromatic carbocycles. The fraction of sp³-hybridized carbons (Fsp3) is 0.353. The molecule has 1 aliphatic heterocycles. The normalized spacial score (nSPS) is 14.2. The summed E-state index contributed by atoms with van der Waals surface area (Å²) in [7, 11) is 1.97. The van der Waals surface area contributed by atoms with Gasteiger partial charge in [0, 0.05) is 37.1 Å². The molecule has 0 unspecified atom stereocenters. The number of hydrogen-bond donors (Lipinski definition) is 1. The van der Waals surface area contributed by atoms with Crippen molar-refractivity contribution in [3.05, 3.63) is 48.4 Å². The molecule has 1 N–H and O–H groups in total. The van der Waals surface area contributed by atoms with Crippen molar-refractivity contribution in [3.8, 4) is 11.6 Å². The fourth-order valence-electron chi connectivity index (χ4n) is 2.71. The van der Waals surface area contributed by atoms with Crippen molar-refractivity contribution in [3.63, 3.8) is 0 Å². The molecule has 0 saturated carbocycles. The van der Waals surface area contributed by atoms with Crippen LogP contribution in [-0.4, -0.2) is 47.0 Å². The van der Waals surface area contributed by atoms with Gasteiger partial charge in [-0.3, -0.25) is 9.78 Å². The Hall–Kier alpha value is -1.89. The summed E-state index contributed by atoms with van der Waals surface area (Å²) in [4.78, 5) is 22.5. The lowest BCUT2D eigenvalue weighted by molar-refractivity contribution is 0.0707. The van der Waals surface area contributed by atoms with Gasteiger partial charge in [-0.2, -0.15) is 0 Å². The van der Waals surface area contributed by atoms with Gasteiger partial charge < -0.3 is 15.0 Å². The van der Waals surface area contributed by atoms with Gasteiger partial charge in [-0.25, -0.2) is 4.98 Å². The largest absolute Gasteiger partial charge is 0.437 e. The molecule has 1 amide bonds. The van der Waals surface area contributed by atoms with E-state index in [1.54, 1.807) is 24.5 Å². The second kappa shape index (κ2) is 10.2. The van der Waals surface area contributed by atoms with Crippen LogP contribution in [0.3, 0.4) is 0 Å². The highest BCUT2D eigenvalue weighted by molar-refractivity contribution is 5.94. The third kappa shape index (κ3) is 5.56. The van der Waals surface area contributed by atoms with Gasteiger partial charge in [-0.1, -0.05) is 6.07 Å². The van der Waals surface area contributed by atoms with E-state index in [-0.39, 0.29) is 30.7 Å². The van der Waals surface area contributed by atoms with Crippen molar-refractivity contribution >= 4 is 30.7 Å². The third-order valence-electron chi connectivity index (χ3n) is 4.03. The average molecular weight is 385 g/mol. The number of hydrogen-bond acceptors (Lipinski definition) is 5. The Morgan fingerprint density at radius 1 is 1.24 bits per heavy atom. The highest BCUT2D eigenvalue weighted by atomic mass is 35.5. The Morgan fingerprint density at radius 2 is 2.00 bits per heavy atom. The van der Waals surface area contributed by atoms with Gasteiger partial charge in [0.1, 0.15) is 5.75 Å². The maximum atomic E-state index is 12.6. The van der Waals surface area contributed by atoms with E-state index < -0.39 is 0 Å². The minimum atomic E-state index is 0. The van der Waals surface area contributed by atoms with E-state index in [0.717, 1.165) is 25.9 Å². The van der Waals surface area contributed by atoms with Gasteiger partial charge in [0.15, 0.2) is 0 Å². The zero-order valence-electron chi connectivity index (χ0n) is 13.9. The molecule has 1 fully saturated rings. The Kier molecular flexibility index (Phi) is 8.61. The van der Waals surface area contributed by atoms with E-state index in [2.05, 4.69) is 15.3 Å². The highest BCUT2D eigenvalue weighted by Gasteiger charge is 2.22. The minimum absolute atomic E-state index is 0. The lowest BCUT2D eigenvalue weighted by Crippen LogP contribution is -2.43. The van der Waals surface area contributed by atoms with Crippen LogP contribution in [0.4, 0.5) is 0 Å². The number of aromatic nitrogens is 2. The average Bonchev–Trinajstić information content (AvgIpc) is 2.62. The molecule has 3 rings (SSSR count). The van der Waals surface area contributed by atoms with Gasteiger partial charge in [-0.15, -0.1) is 24.8 Å². The molecule has 136 valence electrons. The number of likely N-dealkylation sites (tertiary alicyclic amines) is 1. The summed E-state index contributed by atoms with van der Waals surface area (Å²) in [6.45, 7) is 1.55. The van der Waals surface area contributed by atoms with Crippen LogP contribution in [0.15, 0.2) is 42.9 Å². The number of piperidine rings is 1. The van der Waals surface area contributed by atoms with Gasteiger partial charge in [0.2, 0.25) is 5.88 Å². The van der Waals surface area contributed by atoms with E-state index in [0.29, 0.717) is 23.2 Å². The fourth-order valence-corrected chi connectivity index (χ4v) is 2.71. The zero-order chi connectivity index (χ0) is 16.1. The SMILES string of the molecule is CNC1CCN(C(=O)c2cccc(Oc3cnccn3)c2)CC1.Cl.Cl. The van der Waals surface area contributed by atoms with Crippen LogP contribution in [-0.2, 0) is 0 Å². The number of rotatable bonds is 4. The molecule has 25 heavy (non-hydrogen) atoms. The lowest BCUT2D eigenvalue weighted by atomic mass is 10.0. The molecular weight excluding hydrogens is 363 g/mol. The van der Waals surface area contributed by atoms with Crippen molar-refractivity contribution < 1.29 is 9.53 Å². The van der Waals surface area contributed by atoms with E-state index in [4.69, 9.17) is 4.74 Å². The number of amides is 1. The number of halogens is 2. The lowest BCUT2D eigenvalue weighted by Gasteiger charge is -2.31. The van der Waals surface area contributed by atoms with Crippen LogP contribution in [0.2, 0.25) is 0 Å². The quantitative estimate of drug-likeness (QED) is 0.877. The first-order valence-electron chi connectivity index (χ1n) is 7.77. The summed E-state index contributed by atoms with van der Waals surface area (Å²) >= 11 is 0. The first-order valence-corrected chi connectivity index (χ1v) is 7.77. The topological polar surface area (TPSA) is 67.4 Å². The minimum Gasteiger partial charge on any atom is -0.437 e. The summed E-state index contributed by atoms with van der Waals surface area (Å²) in [6.07, 6.45) is 6.66. The maximum absolute atomic E-state index is 12.6. The van der Waals surface area contributed by atoms with Gasteiger partial charge in [0.05, 0.1) is 6.20 Å². The standard InChI is InChI=1S/C17H20N4O2.2ClH/c1-18-14-5-9-21(10-6-14)17(22)13-3-2-4-15(11-13)23-16-12-19-7-8-20-16;;/h2-4,7-8,11-12,14,18H,5-6,9-10H2,1H3;2*1H. The number of benzene rings is 1. The van der Waals surface area contributed by atoms with Gasteiger partial charge in [0.25, 0.3) is 5.91 Å². The van der Waals surface area contributed by atoms with Gasteiger partial charge in [-0.05, 0) is 38.1 Å². The van der Waals surface area contributed by atoms with Crippen LogP contribution in [0.5, 0.6) is 11.6 Å². The predicted molar refractivity (Wildman–Crippen MR) is 101 cm³/mol. The third-order valence-corrected chi connectivity index (χ3v) is 4.03. The molecule has 1 aromatic heterocycles. The Balaban J connectivity index is 0.00000156. The first-order chi connectivity index (χ1) is 11.3. The predicted octanol–water partition coefficient (Wildman–Crippen LogP) is 2.94. The Labute approximate surface area is 159 Å². The molecule has 1 aliphatic rings. The number of ether oxygens (including phenoxy) is 1. The number of carbonyl (C=O) groups excluding carboxylic acids is 1. The molecule has 0 spiro atoms. The van der Waals surface area contributed by atoms with Crippen LogP contribution in [0.25, 0.3) is 0 Å². The summed E-state index contributed by atoms with van der Waals surface area (Å²) in [5.41, 5.74) is 0.634. The Morgan fingerprint density at radius 3 is 2.64 bits per heavy atom. The van der Waals surface area contributed by atoms with Gasteiger partial charge >= 0.3 is 0 Å². The van der Waals surface area contributed by atoms with Crippen molar-refractivity contribution in [2.45, 2.75) is 18.9 Å². The second-order valence-electron chi connectivity index (χ2n) is 5.53. The van der Waals surface area contributed by atoms with E-state index >= 15 is 0 Å². The van der Waals surface area contributed by atoms with Crippen LogP contribution in [0, 0.1) is 0 Å². The molecule has 0 atom stereocenters. The van der Waals surface area contributed by atoms with E-state index in [9.17, 15) is 4.79 Å². The van der Waals surface area contributed by atoms with Crippen LogP contribution in [0.1, 0.15) is 23.2 Å². The number of nitrogens with zero attached hydrogens (tertiary/aromatic N) is 3. The molecule has 0 bridgehead atoms. The van der Waals surface area contributed by atoms with Crippen molar-refractivity contribution in [1.82, 2.24) is 20.2 Å². The van der Waals surface area contributed by atoms with E-state index in [1.807, 2.05) is 24.1 Å². The summed E-state index contributed by atoms with van der Waals surface area (Å²) < 4.78 is 5.64. The summed E-state index contributed by atoms with van der Waals surface area (Å²) in [5.74, 6) is 1.04. The summed E-state index contributed by atoms with van der Waals surface area (Å²) in [5, 5.41) is 3.27. The number of carbonyl (C=O) groups is 1. The smallest absolute Gasteiger partial charge is 0.253 e. The summed E-state index contributed by atoms with van der Waals surface area (Å²) in [6, 6.07) is 7.69. The Bertz CT molecular complexity index is 665. The first kappa shape index (κ1) is 21.2. The number of nitrogens with one attached hydrogen (secondary N) is 1. The van der Waals surface area contributed by atoms with Crippen LogP contribution >= 0.6 is 24.8 Å². The van der Waals surface area contributed by atoms with Crippen molar-refractivity contribution in [1.29, 1.82) is 0 Å². The monoisotopic (exact) mass is 384 g/mol. The van der Waals surface area contributed by atoms with Crippen molar-refractivity contribution in [2.75, 3.05) is 20.1 Å². The highest BCUT2D eigenvalue weighted by Crippen LogP contribution is 2.21. The maximum Gasteiger partial charge on any atom is 0.253 e. The molecule has 0 radical (unpaired) electrons. The molecule has 6 nitrogen and oxygen atoms in total. The van der Waals surface area contributed by atoms with Crippen molar-refractivity contribution in [2.24, 2.45) is 0 Å². The second-order valence-corrected chi connectivity index (χ2v) is 5.53. The molecule has 0 aliphatic carbocycles. The molecule has 1 saturated heterocycles. The van der Waals surface area contributed by atoms with E-state index in [1.165, 1.54) is 6.20 Å². The zero-order valence-corrected chi connectivity index (χ0v) is 15.6. The molecule has 2 heterocycles. The van der Waals surface area contributed by atoms with Crippen LogP contribution < -0.4 is 10.1 Å². The molecule has 2 aromatic rings.